The highest BCUT2D eigenvalue weighted by Crippen LogP contribution is 2.33. The summed E-state index contributed by atoms with van der Waals surface area (Å²) in [6, 6.07) is -0.632. The lowest BCUT2D eigenvalue weighted by Crippen LogP contribution is -2.57. The summed E-state index contributed by atoms with van der Waals surface area (Å²) in [6.07, 6.45) is 9.17. The van der Waals surface area contributed by atoms with Crippen LogP contribution in [0.15, 0.2) is 12.2 Å². The number of amides is 5. The maximum Gasteiger partial charge on any atom is 0.325 e. The average Bonchev–Trinajstić information content (AvgIpc) is 3.02. The van der Waals surface area contributed by atoms with E-state index in [-0.39, 0.29) is 41.6 Å². The van der Waals surface area contributed by atoms with Gasteiger partial charge in [-0.1, -0.05) is 26.0 Å². The van der Waals surface area contributed by atoms with Crippen LogP contribution in [0.1, 0.15) is 58.8 Å². The van der Waals surface area contributed by atoms with Gasteiger partial charge in [0.1, 0.15) is 5.54 Å². The van der Waals surface area contributed by atoms with Gasteiger partial charge in [0.05, 0.1) is 6.04 Å². The van der Waals surface area contributed by atoms with Crippen LogP contribution in [0.4, 0.5) is 4.79 Å². The highest BCUT2D eigenvalue weighted by molar-refractivity contribution is 6.07. The zero-order valence-electron chi connectivity index (χ0n) is 18.6. The van der Waals surface area contributed by atoms with Crippen molar-refractivity contribution in [2.75, 3.05) is 26.2 Å². The van der Waals surface area contributed by atoms with Gasteiger partial charge < -0.3 is 15.1 Å². The summed E-state index contributed by atoms with van der Waals surface area (Å²) in [6.45, 7) is 5.80. The molecule has 0 bridgehead atoms. The van der Waals surface area contributed by atoms with Gasteiger partial charge in [0.25, 0.3) is 5.91 Å². The Morgan fingerprint density at radius 1 is 1.06 bits per heavy atom. The van der Waals surface area contributed by atoms with Crippen LogP contribution >= 0.6 is 0 Å². The fraction of sp³-hybridized carbons (Fsp3) is 0.739. The lowest BCUT2D eigenvalue weighted by atomic mass is 9.86. The van der Waals surface area contributed by atoms with Gasteiger partial charge in [-0.2, -0.15) is 0 Å². The molecule has 2 atom stereocenters. The Morgan fingerprint density at radius 3 is 2.45 bits per heavy atom. The molecule has 3 saturated heterocycles. The number of nitrogens with one attached hydrogen (secondary N) is 1. The number of urea groups is 1. The standard InChI is InChI=1S/C23H34N4O4/c1-16(2)19(28)25-13-10-23(11-14-25)21(30)27(22(31)24-23)18-9-6-12-26(15-18)20(29)17-7-4-3-5-8-17/h3-4,16-18H,5-15H2,1-2H3,(H,24,31)/t17-,18-/m0/s1. The van der Waals surface area contributed by atoms with Gasteiger partial charge in [-0.25, -0.2) is 4.79 Å². The second-order valence-electron chi connectivity index (χ2n) is 9.73. The first kappa shape index (κ1) is 21.8. The first-order valence-corrected chi connectivity index (χ1v) is 11.7. The molecule has 0 unspecified atom stereocenters. The number of hydrogen-bond donors (Lipinski definition) is 1. The van der Waals surface area contributed by atoms with Crippen LogP contribution in [0.2, 0.25) is 0 Å². The number of imide groups is 1. The van der Waals surface area contributed by atoms with E-state index < -0.39 is 5.54 Å². The summed E-state index contributed by atoms with van der Waals surface area (Å²) in [4.78, 5) is 56.6. The molecule has 5 amide bonds. The minimum Gasteiger partial charge on any atom is -0.342 e. The molecular weight excluding hydrogens is 396 g/mol. The van der Waals surface area contributed by atoms with Crippen LogP contribution < -0.4 is 5.32 Å². The Labute approximate surface area is 184 Å². The van der Waals surface area contributed by atoms with Gasteiger partial charge >= 0.3 is 6.03 Å². The second-order valence-corrected chi connectivity index (χ2v) is 9.73. The number of carbonyl (C=O) groups excluding carboxylic acids is 4. The van der Waals surface area contributed by atoms with E-state index in [1.807, 2.05) is 18.7 Å². The molecular formula is C23H34N4O4. The molecule has 170 valence electrons. The summed E-state index contributed by atoms with van der Waals surface area (Å²) in [5.74, 6) is -0.0151. The molecule has 0 radical (unpaired) electrons. The Hall–Kier alpha value is -2.38. The van der Waals surface area contributed by atoms with Crippen LogP contribution in [-0.4, -0.2) is 76.2 Å². The molecule has 1 spiro atoms. The Bertz CT molecular complexity index is 784. The van der Waals surface area contributed by atoms with Crippen molar-refractivity contribution in [3.8, 4) is 0 Å². The molecule has 0 aromatic carbocycles. The van der Waals surface area contributed by atoms with Crippen molar-refractivity contribution < 1.29 is 19.2 Å². The van der Waals surface area contributed by atoms with Crippen molar-refractivity contribution >= 4 is 23.8 Å². The van der Waals surface area contributed by atoms with Crippen LogP contribution in [0.3, 0.4) is 0 Å². The molecule has 3 fully saturated rings. The van der Waals surface area contributed by atoms with E-state index in [4.69, 9.17) is 0 Å². The summed E-state index contributed by atoms with van der Waals surface area (Å²) in [7, 11) is 0. The highest BCUT2D eigenvalue weighted by Gasteiger charge is 2.55. The summed E-state index contributed by atoms with van der Waals surface area (Å²) < 4.78 is 0. The molecule has 4 aliphatic rings. The van der Waals surface area contributed by atoms with Crippen molar-refractivity contribution in [1.82, 2.24) is 20.0 Å². The van der Waals surface area contributed by atoms with Crippen LogP contribution in [0.25, 0.3) is 0 Å². The van der Waals surface area contributed by atoms with Crippen LogP contribution in [-0.2, 0) is 14.4 Å². The Morgan fingerprint density at radius 2 is 1.81 bits per heavy atom. The molecule has 0 aromatic rings. The number of carbonyl (C=O) groups is 4. The first-order valence-electron chi connectivity index (χ1n) is 11.7. The van der Waals surface area contributed by atoms with E-state index in [0.717, 1.165) is 32.1 Å². The van der Waals surface area contributed by atoms with Crippen LogP contribution in [0, 0.1) is 11.8 Å². The largest absolute Gasteiger partial charge is 0.342 e. The number of rotatable bonds is 3. The van der Waals surface area contributed by atoms with E-state index in [0.29, 0.717) is 39.0 Å². The maximum atomic E-state index is 13.4. The van der Waals surface area contributed by atoms with Crippen LogP contribution in [0.5, 0.6) is 0 Å². The normalized spacial score (nSPS) is 28.4. The molecule has 3 heterocycles. The smallest absolute Gasteiger partial charge is 0.325 e. The van der Waals surface area contributed by atoms with E-state index in [2.05, 4.69) is 17.5 Å². The maximum absolute atomic E-state index is 13.4. The number of hydrogen-bond acceptors (Lipinski definition) is 4. The minimum atomic E-state index is -0.911. The monoisotopic (exact) mass is 430 g/mol. The molecule has 4 rings (SSSR count). The summed E-state index contributed by atoms with van der Waals surface area (Å²) >= 11 is 0. The van der Waals surface area contributed by atoms with Crippen molar-refractivity contribution in [3.63, 3.8) is 0 Å². The zero-order valence-corrected chi connectivity index (χ0v) is 18.6. The second kappa shape index (κ2) is 8.63. The Balaban J connectivity index is 1.41. The minimum absolute atomic E-state index is 0.0148. The van der Waals surface area contributed by atoms with E-state index >= 15 is 0 Å². The third-order valence-electron chi connectivity index (χ3n) is 7.31. The molecule has 0 aromatic heterocycles. The Kier molecular flexibility index (Phi) is 6.08. The average molecular weight is 431 g/mol. The van der Waals surface area contributed by atoms with Gasteiger partial charge in [0, 0.05) is 38.0 Å². The van der Waals surface area contributed by atoms with Gasteiger partial charge in [0.2, 0.25) is 11.8 Å². The van der Waals surface area contributed by atoms with Crippen molar-refractivity contribution in [1.29, 1.82) is 0 Å². The highest BCUT2D eigenvalue weighted by atomic mass is 16.2. The summed E-state index contributed by atoms with van der Waals surface area (Å²) in [5, 5.41) is 2.95. The van der Waals surface area contributed by atoms with Gasteiger partial charge in [-0.15, -0.1) is 0 Å². The SMILES string of the molecule is CC(C)C(=O)N1CCC2(CC1)NC(=O)N([C@H]1CCCN(C(=O)[C@H]3CC=CCC3)C1)C2=O. The lowest BCUT2D eigenvalue weighted by Gasteiger charge is -2.40. The molecule has 8 nitrogen and oxygen atoms in total. The number of allylic oxidation sites excluding steroid dienone is 2. The van der Waals surface area contributed by atoms with E-state index in [1.165, 1.54) is 4.90 Å². The van der Waals surface area contributed by atoms with Crippen molar-refractivity contribution in [2.24, 2.45) is 11.8 Å². The number of piperidine rings is 2. The quantitative estimate of drug-likeness (QED) is 0.547. The van der Waals surface area contributed by atoms with Gasteiger partial charge in [-0.05, 0) is 44.9 Å². The van der Waals surface area contributed by atoms with Gasteiger partial charge in [0.15, 0.2) is 0 Å². The molecule has 3 aliphatic heterocycles. The lowest BCUT2D eigenvalue weighted by molar-refractivity contribution is -0.143. The molecule has 0 saturated carbocycles. The molecule has 31 heavy (non-hydrogen) atoms. The fourth-order valence-corrected chi connectivity index (χ4v) is 5.43. The first-order chi connectivity index (χ1) is 14.8. The van der Waals surface area contributed by atoms with E-state index in [1.54, 1.807) is 4.90 Å². The molecule has 1 aliphatic carbocycles. The molecule has 8 heteroatoms. The molecule has 1 N–H and O–H groups in total. The third kappa shape index (κ3) is 4.08. The predicted molar refractivity (Wildman–Crippen MR) is 115 cm³/mol. The number of nitrogens with zero attached hydrogens (tertiary/aromatic N) is 3. The summed E-state index contributed by atoms with van der Waals surface area (Å²) in [5.41, 5.74) is -0.911. The predicted octanol–water partition coefficient (Wildman–Crippen LogP) is 1.90. The third-order valence-corrected chi connectivity index (χ3v) is 7.31. The van der Waals surface area contributed by atoms with Gasteiger partial charge in [-0.3, -0.25) is 19.3 Å². The zero-order chi connectivity index (χ0) is 22.2. The van der Waals surface area contributed by atoms with Crippen molar-refractivity contribution in [2.45, 2.75) is 70.4 Å². The topological polar surface area (TPSA) is 90.0 Å². The number of likely N-dealkylation sites (tertiary alicyclic amines) is 2. The van der Waals surface area contributed by atoms with E-state index in [9.17, 15) is 19.2 Å². The van der Waals surface area contributed by atoms with Crippen molar-refractivity contribution in [3.05, 3.63) is 12.2 Å². The fourth-order valence-electron chi connectivity index (χ4n) is 5.43.